The molecule has 3 heteroatoms. The van der Waals surface area contributed by atoms with Crippen molar-refractivity contribution in [3.63, 3.8) is 0 Å². The summed E-state index contributed by atoms with van der Waals surface area (Å²) in [6, 6.07) is 5.29. The normalized spacial score (nSPS) is 23.4. The van der Waals surface area contributed by atoms with Gasteiger partial charge in [-0.15, -0.1) is 0 Å². The molecule has 1 aromatic carbocycles. The summed E-state index contributed by atoms with van der Waals surface area (Å²) in [6.07, 6.45) is 1.09. The van der Waals surface area contributed by atoms with Crippen molar-refractivity contribution in [1.29, 1.82) is 0 Å². The van der Waals surface area contributed by atoms with E-state index in [1.54, 1.807) is 12.1 Å². The summed E-state index contributed by atoms with van der Waals surface area (Å²) < 4.78 is 18.6. The Labute approximate surface area is 102 Å². The zero-order valence-corrected chi connectivity index (χ0v) is 10.7. The van der Waals surface area contributed by atoms with Crippen LogP contribution in [0, 0.1) is 11.2 Å². The zero-order chi connectivity index (χ0) is 12.5. The van der Waals surface area contributed by atoms with Crippen LogP contribution in [0.5, 0.6) is 5.75 Å². The van der Waals surface area contributed by atoms with Gasteiger partial charge in [-0.3, -0.25) is 0 Å². The second-order valence-corrected chi connectivity index (χ2v) is 5.59. The lowest BCUT2D eigenvalue weighted by molar-refractivity contribution is 0.239. The van der Waals surface area contributed by atoms with E-state index < -0.39 is 0 Å². The van der Waals surface area contributed by atoms with Crippen molar-refractivity contribution in [2.24, 2.45) is 5.41 Å². The monoisotopic (exact) mass is 237 g/mol. The fraction of sp³-hybridized carbons (Fsp3) is 0.571. The molecule has 1 N–H and O–H groups in total. The van der Waals surface area contributed by atoms with Gasteiger partial charge in [0.05, 0.1) is 7.11 Å². The standard InChI is InChI=1S/C14H20FNO/c1-14(2)7-11(8-16-9-14)10-4-5-13(17-3)12(15)6-10/h4-6,11,16H,7-9H2,1-3H3. The number of methoxy groups -OCH3 is 1. The van der Waals surface area contributed by atoms with Crippen molar-refractivity contribution in [3.05, 3.63) is 29.6 Å². The van der Waals surface area contributed by atoms with Gasteiger partial charge >= 0.3 is 0 Å². The molecule has 1 aromatic rings. The Morgan fingerprint density at radius 1 is 1.41 bits per heavy atom. The number of halogens is 1. The van der Waals surface area contributed by atoms with Crippen molar-refractivity contribution < 1.29 is 9.13 Å². The minimum absolute atomic E-state index is 0.270. The molecule has 0 spiro atoms. The van der Waals surface area contributed by atoms with Crippen LogP contribution in [-0.4, -0.2) is 20.2 Å². The van der Waals surface area contributed by atoms with E-state index in [9.17, 15) is 4.39 Å². The smallest absolute Gasteiger partial charge is 0.165 e. The maximum absolute atomic E-state index is 13.7. The maximum Gasteiger partial charge on any atom is 0.165 e. The first-order valence-corrected chi connectivity index (χ1v) is 6.06. The third kappa shape index (κ3) is 2.78. The Hall–Kier alpha value is -1.09. The topological polar surface area (TPSA) is 21.3 Å². The van der Waals surface area contributed by atoms with Gasteiger partial charge in [0.1, 0.15) is 0 Å². The molecule has 1 saturated heterocycles. The zero-order valence-electron chi connectivity index (χ0n) is 10.7. The second-order valence-electron chi connectivity index (χ2n) is 5.59. The SMILES string of the molecule is COc1ccc(C2CNCC(C)(C)C2)cc1F. The average Bonchev–Trinajstić information content (AvgIpc) is 2.27. The largest absolute Gasteiger partial charge is 0.494 e. The van der Waals surface area contributed by atoms with Crippen molar-refractivity contribution in [2.75, 3.05) is 20.2 Å². The number of benzene rings is 1. The highest BCUT2D eigenvalue weighted by atomic mass is 19.1. The average molecular weight is 237 g/mol. The van der Waals surface area contributed by atoms with Gasteiger partial charge in [-0.25, -0.2) is 4.39 Å². The third-order valence-electron chi connectivity index (χ3n) is 3.44. The molecule has 0 aromatic heterocycles. The van der Waals surface area contributed by atoms with Crippen LogP contribution < -0.4 is 10.1 Å². The molecule has 1 unspecified atom stereocenters. The Bertz CT molecular complexity index is 403. The molecular weight excluding hydrogens is 217 g/mol. The lowest BCUT2D eigenvalue weighted by Crippen LogP contribution is -2.40. The van der Waals surface area contributed by atoms with Crippen LogP contribution in [0.15, 0.2) is 18.2 Å². The van der Waals surface area contributed by atoms with E-state index in [1.807, 2.05) is 6.07 Å². The lowest BCUT2D eigenvalue weighted by Gasteiger charge is -2.36. The van der Waals surface area contributed by atoms with E-state index in [-0.39, 0.29) is 11.2 Å². The van der Waals surface area contributed by atoms with Gasteiger partial charge in [0.25, 0.3) is 0 Å². The van der Waals surface area contributed by atoms with E-state index in [0.717, 1.165) is 25.1 Å². The summed E-state index contributed by atoms with van der Waals surface area (Å²) in [4.78, 5) is 0. The van der Waals surface area contributed by atoms with Gasteiger partial charge in [-0.2, -0.15) is 0 Å². The maximum atomic E-state index is 13.7. The highest BCUT2D eigenvalue weighted by Crippen LogP contribution is 2.35. The Morgan fingerprint density at radius 3 is 2.76 bits per heavy atom. The molecule has 1 fully saturated rings. The van der Waals surface area contributed by atoms with Crippen LogP contribution >= 0.6 is 0 Å². The van der Waals surface area contributed by atoms with Gasteiger partial charge in [0, 0.05) is 13.1 Å². The molecule has 0 amide bonds. The molecular formula is C14H20FNO. The molecule has 2 nitrogen and oxygen atoms in total. The molecule has 2 rings (SSSR count). The highest BCUT2D eigenvalue weighted by Gasteiger charge is 2.28. The summed E-state index contributed by atoms with van der Waals surface area (Å²) in [6.45, 7) is 6.44. The number of piperidine rings is 1. The van der Waals surface area contributed by atoms with Gasteiger partial charge in [-0.1, -0.05) is 19.9 Å². The van der Waals surface area contributed by atoms with Gasteiger partial charge in [0.15, 0.2) is 11.6 Å². The van der Waals surface area contributed by atoms with Gasteiger partial charge in [-0.05, 0) is 35.4 Å². The van der Waals surface area contributed by atoms with Crippen molar-refractivity contribution in [1.82, 2.24) is 5.32 Å². The second kappa shape index (κ2) is 4.65. The third-order valence-corrected chi connectivity index (χ3v) is 3.44. The summed E-state index contributed by atoms with van der Waals surface area (Å²) in [7, 11) is 1.49. The number of nitrogens with one attached hydrogen (secondary N) is 1. The van der Waals surface area contributed by atoms with Crippen LogP contribution in [0.1, 0.15) is 31.7 Å². The summed E-state index contributed by atoms with van der Waals surface area (Å²) in [5.74, 6) is 0.435. The fourth-order valence-corrected chi connectivity index (χ4v) is 2.57. The summed E-state index contributed by atoms with van der Waals surface area (Å²) >= 11 is 0. The predicted molar refractivity (Wildman–Crippen MR) is 67.0 cm³/mol. The van der Waals surface area contributed by atoms with Crippen LogP contribution in [0.2, 0.25) is 0 Å². The van der Waals surface area contributed by atoms with Crippen LogP contribution in [0.25, 0.3) is 0 Å². The first-order valence-electron chi connectivity index (χ1n) is 6.06. The molecule has 1 aliphatic heterocycles. The molecule has 1 heterocycles. The van der Waals surface area contributed by atoms with E-state index in [4.69, 9.17) is 4.74 Å². The minimum atomic E-state index is -0.270. The molecule has 17 heavy (non-hydrogen) atoms. The van der Waals surface area contributed by atoms with Gasteiger partial charge in [0.2, 0.25) is 0 Å². The van der Waals surface area contributed by atoms with E-state index >= 15 is 0 Å². The lowest BCUT2D eigenvalue weighted by atomic mass is 9.77. The molecule has 1 aliphatic rings. The van der Waals surface area contributed by atoms with Crippen molar-refractivity contribution >= 4 is 0 Å². The molecule has 94 valence electrons. The Morgan fingerprint density at radius 2 is 2.18 bits per heavy atom. The van der Waals surface area contributed by atoms with Crippen LogP contribution in [0.4, 0.5) is 4.39 Å². The van der Waals surface area contributed by atoms with Crippen molar-refractivity contribution in [3.8, 4) is 5.75 Å². The summed E-state index contributed by atoms with van der Waals surface area (Å²) in [5.41, 5.74) is 1.34. The molecule has 0 saturated carbocycles. The van der Waals surface area contributed by atoms with Crippen LogP contribution in [-0.2, 0) is 0 Å². The number of hydrogen-bond acceptors (Lipinski definition) is 2. The quantitative estimate of drug-likeness (QED) is 0.854. The summed E-state index contributed by atoms with van der Waals surface area (Å²) in [5, 5.41) is 3.42. The Balaban J connectivity index is 2.19. The number of ether oxygens (including phenoxy) is 1. The number of hydrogen-bond donors (Lipinski definition) is 1. The first kappa shape index (κ1) is 12.4. The van der Waals surface area contributed by atoms with Crippen LogP contribution in [0.3, 0.4) is 0 Å². The first-order chi connectivity index (χ1) is 8.02. The van der Waals surface area contributed by atoms with E-state index in [1.165, 1.54) is 7.11 Å². The van der Waals surface area contributed by atoms with Gasteiger partial charge < -0.3 is 10.1 Å². The predicted octanol–water partition coefficient (Wildman–Crippen LogP) is 2.94. The molecule has 0 bridgehead atoms. The Kier molecular flexibility index (Phi) is 3.38. The van der Waals surface area contributed by atoms with E-state index in [0.29, 0.717) is 11.7 Å². The fourth-order valence-electron chi connectivity index (χ4n) is 2.57. The molecule has 0 radical (unpaired) electrons. The van der Waals surface area contributed by atoms with Crippen molar-refractivity contribution in [2.45, 2.75) is 26.2 Å². The molecule has 1 atom stereocenters. The van der Waals surface area contributed by atoms with E-state index in [2.05, 4.69) is 19.2 Å². The number of rotatable bonds is 2. The highest BCUT2D eigenvalue weighted by molar-refractivity contribution is 5.31. The minimum Gasteiger partial charge on any atom is -0.494 e. The molecule has 0 aliphatic carbocycles.